The van der Waals surface area contributed by atoms with Crippen molar-refractivity contribution in [2.45, 2.75) is 78.6 Å². The molecule has 0 fully saturated rings. The first-order valence-corrected chi connectivity index (χ1v) is 14.4. The minimum Gasteiger partial charge on any atom is -0.508 e. The Labute approximate surface area is 231 Å². The number of phenolic OH excluding ortho intramolecular Hbond substituents is 1. The fourth-order valence-electron chi connectivity index (χ4n) is 4.90. The van der Waals surface area contributed by atoms with E-state index in [0.29, 0.717) is 17.6 Å². The standard InChI is InChI=1S/C16H18.C11H14.C10H14O/c1-3-13(2)14-9-11-16(12-10-14)15-7-5-4-6-8-15;1-8-7-10-5-3-4-6-11(10)9(8)2;1-3-8(2)9-4-6-10(11)7-5-9/h4-13H,3H2,1-2H3;3-6,8-9H,7H2,1-2H3;4-8,11H,3H2,1-2H3. The number of hydrogen-bond acceptors (Lipinski definition) is 1. The molecule has 0 aliphatic heterocycles. The van der Waals surface area contributed by atoms with Crippen LogP contribution in [-0.4, -0.2) is 5.11 Å². The summed E-state index contributed by atoms with van der Waals surface area (Å²) in [6.45, 7) is 13.5. The number of hydrogen-bond donors (Lipinski definition) is 1. The van der Waals surface area contributed by atoms with Gasteiger partial charge in [-0.05, 0) is 88.4 Å². The summed E-state index contributed by atoms with van der Waals surface area (Å²) in [6.07, 6.45) is 3.62. The Morgan fingerprint density at radius 1 is 0.632 bits per heavy atom. The van der Waals surface area contributed by atoms with Gasteiger partial charge in [-0.25, -0.2) is 0 Å². The molecule has 0 radical (unpaired) electrons. The van der Waals surface area contributed by atoms with Gasteiger partial charge >= 0.3 is 0 Å². The maximum absolute atomic E-state index is 9.01. The van der Waals surface area contributed by atoms with E-state index in [1.807, 2.05) is 12.1 Å². The Bertz CT molecular complexity index is 1210. The molecule has 4 unspecified atom stereocenters. The van der Waals surface area contributed by atoms with Crippen LogP contribution in [0.25, 0.3) is 11.1 Å². The average molecular weight is 507 g/mol. The summed E-state index contributed by atoms with van der Waals surface area (Å²) in [7, 11) is 0. The molecule has 1 N–H and O–H groups in total. The molecule has 1 nitrogen and oxygen atoms in total. The fraction of sp³-hybridized carbons (Fsp3) is 0.351. The van der Waals surface area contributed by atoms with Gasteiger partial charge in [0.25, 0.3) is 0 Å². The fourth-order valence-corrected chi connectivity index (χ4v) is 4.90. The van der Waals surface area contributed by atoms with Crippen molar-refractivity contribution >= 4 is 0 Å². The van der Waals surface area contributed by atoms with E-state index < -0.39 is 0 Å². The molecule has 0 amide bonds. The molecule has 0 spiro atoms. The van der Waals surface area contributed by atoms with E-state index in [1.54, 1.807) is 23.3 Å². The number of rotatable bonds is 5. The van der Waals surface area contributed by atoms with Gasteiger partial charge in [0.05, 0.1) is 0 Å². The predicted octanol–water partition coefficient (Wildman–Crippen LogP) is 10.8. The lowest BCUT2D eigenvalue weighted by Gasteiger charge is -2.09. The summed E-state index contributed by atoms with van der Waals surface area (Å²) < 4.78 is 0. The Balaban J connectivity index is 0.000000162. The SMILES string of the molecule is CC1Cc2ccccc2C1C.CCC(C)c1ccc(-c2ccccc2)cc1.CCC(C)c1ccc(O)cc1. The van der Waals surface area contributed by atoms with Gasteiger partial charge < -0.3 is 5.11 Å². The Morgan fingerprint density at radius 3 is 1.63 bits per heavy atom. The monoisotopic (exact) mass is 506 g/mol. The maximum Gasteiger partial charge on any atom is 0.115 e. The third-order valence-corrected chi connectivity index (χ3v) is 8.21. The van der Waals surface area contributed by atoms with Crippen LogP contribution in [0.2, 0.25) is 0 Å². The van der Waals surface area contributed by atoms with E-state index >= 15 is 0 Å². The Kier molecular flexibility index (Phi) is 11.2. The molecule has 200 valence electrons. The van der Waals surface area contributed by atoms with E-state index in [-0.39, 0.29) is 0 Å². The van der Waals surface area contributed by atoms with Crippen LogP contribution in [0.15, 0.2) is 103 Å². The van der Waals surface area contributed by atoms with E-state index in [2.05, 4.69) is 120 Å². The molecule has 0 saturated heterocycles. The number of aromatic hydroxyl groups is 1. The number of phenols is 1. The molecule has 1 aliphatic carbocycles. The van der Waals surface area contributed by atoms with E-state index in [4.69, 9.17) is 5.11 Å². The van der Waals surface area contributed by atoms with Crippen molar-refractivity contribution < 1.29 is 5.11 Å². The van der Waals surface area contributed by atoms with Crippen molar-refractivity contribution in [3.8, 4) is 16.9 Å². The molecule has 0 saturated carbocycles. The van der Waals surface area contributed by atoms with Crippen LogP contribution in [-0.2, 0) is 6.42 Å². The molecular formula is C37H46O. The highest BCUT2D eigenvalue weighted by Gasteiger charge is 2.24. The molecule has 0 aromatic heterocycles. The highest BCUT2D eigenvalue weighted by molar-refractivity contribution is 5.63. The highest BCUT2D eigenvalue weighted by Crippen LogP contribution is 2.36. The zero-order valence-electron chi connectivity index (χ0n) is 24.2. The first kappa shape index (κ1) is 29.2. The zero-order chi connectivity index (χ0) is 27.5. The van der Waals surface area contributed by atoms with Gasteiger partial charge in [0, 0.05) is 0 Å². The molecule has 0 heterocycles. The molecule has 5 rings (SSSR count). The lowest BCUT2D eigenvalue weighted by Crippen LogP contribution is -1.97. The molecule has 4 aromatic carbocycles. The molecule has 4 atom stereocenters. The summed E-state index contributed by atoms with van der Waals surface area (Å²) in [4.78, 5) is 0. The van der Waals surface area contributed by atoms with Crippen LogP contribution >= 0.6 is 0 Å². The summed E-state index contributed by atoms with van der Waals surface area (Å²) in [6, 6.07) is 35.7. The summed E-state index contributed by atoms with van der Waals surface area (Å²) >= 11 is 0. The van der Waals surface area contributed by atoms with Gasteiger partial charge in [-0.15, -0.1) is 0 Å². The van der Waals surface area contributed by atoms with Crippen LogP contribution < -0.4 is 0 Å². The molecule has 38 heavy (non-hydrogen) atoms. The summed E-state index contributed by atoms with van der Waals surface area (Å²) in [5.41, 5.74) is 8.45. The average Bonchev–Trinajstić information content (AvgIpc) is 3.27. The van der Waals surface area contributed by atoms with Gasteiger partial charge in [-0.2, -0.15) is 0 Å². The van der Waals surface area contributed by atoms with E-state index in [0.717, 1.165) is 18.3 Å². The smallest absolute Gasteiger partial charge is 0.115 e. The highest BCUT2D eigenvalue weighted by atomic mass is 16.3. The molecule has 1 aliphatic rings. The van der Waals surface area contributed by atoms with Gasteiger partial charge in [-0.1, -0.05) is 133 Å². The normalized spacial score (nSPS) is 17.2. The van der Waals surface area contributed by atoms with Crippen molar-refractivity contribution in [3.05, 3.63) is 125 Å². The number of benzene rings is 4. The van der Waals surface area contributed by atoms with Gasteiger partial charge in [0.1, 0.15) is 5.75 Å². The topological polar surface area (TPSA) is 20.2 Å². The van der Waals surface area contributed by atoms with Crippen molar-refractivity contribution in [1.29, 1.82) is 0 Å². The van der Waals surface area contributed by atoms with Gasteiger partial charge in [-0.3, -0.25) is 0 Å². The summed E-state index contributed by atoms with van der Waals surface area (Å²) in [5.74, 6) is 3.20. The molecule has 1 heteroatoms. The second kappa shape index (κ2) is 14.6. The third-order valence-electron chi connectivity index (χ3n) is 8.21. The van der Waals surface area contributed by atoms with Crippen molar-refractivity contribution in [2.24, 2.45) is 5.92 Å². The predicted molar refractivity (Wildman–Crippen MR) is 165 cm³/mol. The zero-order valence-corrected chi connectivity index (χ0v) is 24.2. The maximum atomic E-state index is 9.01. The van der Waals surface area contributed by atoms with Crippen molar-refractivity contribution in [1.82, 2.24) is 0 Å². The Morgan fingerprint density at radius 2 is 1.11 bits per heavy atom. The Hall–Kier alpha value is -3.32. The minimum absolute atomic E-state index is 0.344. The lowest BCUT2D eigenvalue weighted by atomic mass is 9.96. The van der Waals surface area contributed by atoms with E-state index in [1.165, 1.54) is 35.1 Å². The van der Waals surface area contributed by atoms with Crippen LogP contribution in [0.1, 0.15) is 94.4 Å². The van der Waals surface area contributed by atoms with Crippen LogP contribution in [0.3, 0.4) is 0 Å². The minimum atomic E-state index is 0.344. The van der Waals surface area contributed by atoms with Crippen LogP contribution in [0.5, 0.6) is 5.75 Å². The van der Waals surface area contributed by atoms with Crippen LogP contribution in [0, 0.1) is 5.92 Å². The molecule has 0 bridgehead atoms. The largest absolute Gasteiger partial charge is 0.508 e. The number of fused-ring (bicyclic) bond motifs is 1. The van der Waals surface area contributed by atoms with Gasteiger partial charge in [0.2, 0.25) is 0 Å². The molecular weight excluding hydrogens is 460 g/mol. The third kappa shape index (κ3) is 8.09. The lowest BCUT2D eigenvalue weighted by molar-refractivity contribution is 0.475. The van der Waals surface area contributed by atoms with Crippen LogP contribution in [0.4, 0.5) is 0 Å². The molecule has 4 aromatic rings. The quantitative estimate of drug-likeness (QED) is 0.285. The van der Waals surface area contributed by atoms with Gasteiger partial charge in [0.15, 0.2) is 0 Å². The second-order valence-corrected chi connectivity index (χ2v) is 10.9. The van der Waals surface area contributed by atoms with E-state index in [9.17, 15) is 0 Å². The second-order valence-electron chi connectivity index (χ2n) is 10.9. The first-order valence-electron chi connectivity index (χ1n) is 14.4. The first-order chi connectivity index (χ1) is 18.3. The van der Waals surface area contributed by atoms with Crippen molar-refractivity contribution in [3.63, 3.8) is 0 Å². The van der Waals surface area contributed by atoms with Crippen molar-refractivity contribution in [2.75, 3.05) is 0 Å². The summed E-state index contributed by atoms with van der Waals surface area (Å²) in [5, 5.41) is 9.01.